The molecule has 0 amide bonds. The number of nitrogens with zero attached hydrogens (tertiary/aromatic N) is 7. The average Bonchev–Trinajstić information content (AvgIpc) is 3.53. The summed E-state index contributed by atoms with van der Waals surface area (Å²) >= 11 is 12.0. The number of aldehydes is 1. The van der Waals surface area contributed by atoms with Crippen LogP contribution in [-0.2, 0) is 10.2 Å². The van der Waals surface area contributed by atoms with Crippen molar-refractivity contribution in [2.75, 3.05) is 12.4 Å². The van der Waals surface area contributed by atoms with E-state index in [2.05, 4.69) is 30.6 Å². The molecule has 2 unspecified atom stereocenters. The molecular formula is C23H24Cl2N8O2. The van der Waals surface area contributed by atoms with Crippen LogP contribution in [0.5, 0.6) is 0 Å². The highest BCUT2D eigenvalue weighted by Crippen LogP contribution is 2.55. The highest BCUT2D eigenvalue weighted by atomic mass is 35.5. The Morgan fingerprint density at radius 1 is 1.20 bits per heavy atom. The van der Waals surface area contributed by atoms with Gasteiger partial charge in [-0.1, -0.05) is 29.6 Å². The lowest BCUT2D eigenvalue weighted by molar-refractivity contribution is -0.109. The molecule has 2 aliphatic carbocycles. The van der Waals surface area contributed by atoms with Crippen molar-refractivity contribution in [3.8, 4) is 5.82 Å². The van der Waals surface area contributed by atoms with Crippen LogP contribution in [0, 0.1) is 0 Å². The van der Waals surface area contributed by atoms with Crippen molar-refractivity contribution in [3.05, 3.63) is 57.9 Å². The maximum atomic E-state index is 11.3. The van der Waals surface area contributed by atoms with E-state index in [9.17, 15) is 9.90 Å². The van der Waals surface area contributed by atoms with Gasteiger partial charge in [-0.25, -0.2) is 14.5 Å². The van der Waals surface area contributed by atoms with Crippen molar-refractivity contribution in [1.82, 2.24) is 34.6 Å². The molecule has 6 rings (SSSR count). The average molecular weight is 515 g/mol. The van der Waals surface area contributed by atoms with Crippen molar-refractivity contribution < 1.29 is 9.90 Å². The summed E-state index contributed by atoms with van der Waals surface area (Å²) in [5, 5.41) is 25.6. The number of hydrogen-bond acceptors (Lipinski definition) is 8. The van der Waals surface area contributed by atoms with Gasteiger partial charge in [0, 0.05) is 36.2 Å². The number of fused-ring (bicyclic) bond motifs is 4. The molecule has 0 saturated heterocycles. The van der Waals surface area contributed by atoms with Gasteiger partial charge in [-0.15, -0.1) is 9.90 Å². The number of pyridine rings is 1. The first-order valence-corrected chi connectivity index (χ1v) is 12.0. The molecule has 1 fully saturated rings. The SMILES string of the molecule is CNc1cnc(-n2ncc(C(C)O)n2)c(Cl)c1.O=CC1CC2(CCC2)c2c1cnc1cc(Cl)nn21. The minimum absolute atomic E-state index is 0.0276. The highest BCUT2D eigenvalue weighted by Gasteiger charge is 2.50. The number of carbonyl (C=O) groups excluding carboxylic acids is 1. The quantitative estimate of drug-likeness (QED) is 0.393. The normalized spacial score (nSPS) is 18.5. The van der Waals surface area contributed by atoms with Crippen LogP contribution in [-0.4, -0.2) is 53.0 Å². The van der Waals surface area contributed by atoms with Crippen LogP contribution in [0.4, 0.5) is 5.69 Å². The molecule has 4 aromatic heterocycles. The largest absolute Gasteiger partial charge is 0.387 e. The Labute approximate surface area is 211 Å². The van der Waals surface area contributed by atoms with Gasteiger partial charge in [0.1, 0.15) is 12.0 Å². The number of aromatic nitrogens is 7. The minimum Gasteiger partial charge on any atom is -0.387 e. The number of nitrogens with one attached hydrogen (secondary N) is 1. The van der Waals surface area contributed by atoms with Gasteiger partial charge in [0.25, 0.3) is 0 Å². The predicted octanol–water partition coefficient (Wildman–Crippen LogP) is 3.90. The number of anilines is 1. The van der Waals surface area contributed by atoms with Crippen molar-refractivity contribution in [2.45, 2.75) is 50.0 Å². The number of aliphatic hydroxyl groups excluding tert-OH is 1. The van der Waals surface area contributed by atoms with E-state index in [1.54, 1.807) is 32.3 Å². The second-order valence-corrected chi connectivity index (χ2v) is 9.69. The summed E-state index contributed by atoms with van der Waals surface area (Å²) in [4.78, 5) is 21.1. The summed E-state index contributed by atoms with van der Waals surface area (Å²) in [6, 6.07) is 3.50. The van der Waals surface area contributed by atoms with Crippen molar-refractivity contribution in [2.24, 2.45) is 0 Å². The fraction of sp³-hybridized carbons (Fsp3) is 0.391. The zero-order chi connectivity index (χ0) is 24.7. The summed E-state index contributed by atoms with van der Waals surface area (Å²) in [6.07, 6.45) is 9.73. The van der Waals surface area contributed by atoms with Crippen LogP contribution in [0.25, 0.3) is 11.5 Å². The molecule has 1 spiro atoms. The summed E-state index contributed by atoms with van der Waals surface area (Å²) < 4.78 is 1.85. The van der Waals surface area contributed by atoms with E-state index in [0.29, 0.717) is 21.7 Å². The molecule has 4 heterocycles. The van der Waals surface area contributed by atoms with Gasteiger partial charge >= 0.3 is 0 Å². The van der Waals surface area contributed by atoms with Crippen molar-refractivity contribution >= 4 is 40.8 Å². The molecule has 0 radical (unpaired) electrons. The molecule has 182 valence electrons. The van der Waals surface area contributed by atoms with Crippen LogP contribution in [0.3, 0.4) is 0 Å². The number of rotatable bonds is 4. The lowest BCUT2D eigenvalue weighted by Gasteiger charge is -2.39. The molecular weight excluding hydrogens is 491 g/mol. The molecule has 0 bridgehead atoms. The first kappa shape index (κ1) is 23.7. The van der Waals surface area contributed by atoms with E-state index < -0.39 is 6.10 Å². The molecule has 35 heavy (non-hydrogen) atoms. The molecule has 4 aromatic rings. The van der Waals surface area contributed by atoms with E-state index in [1.165, 1.54) is 23.1 Å². The van der Waals surface area contributed by atoms with Crippen LogP contribution >= 0.6 is 23.2 Å². The van der Waals surface area contributed by atoms with Gasteiger partial charge in [-0.05, 0) is 32.3 Å². The number of carbonyl (C=O) groups is 1. The molecule has 10 nitrogen and oxygen atoms in total. The lowest BCUT2D eigenvalue weighted by Crippen LogP contribution is -2.33. The van der Waals surface area contributed by atoms with Gasteiger partial charge < -0.3 is 15.2 Å². The monoisotopic (exact) mass is 514 g/mol. The first-order chi connectivity index (χ1) is 16.8. The molecule has 2 N–H and O–H groups in total. The number of aliphatic hydroxyl groups is 1. The number of hydrogen-bond donors (Lipinski definition) is 2. The van der Waals surface area contributed by atoms with Gasteiger partial charge in [-0.2, -0.15) is 10.2 Å². The topological polar surface area (TPSA) is 123 Å². The third kappa shape index (κ3) is 4.15. The van der Waals surface area contributed by atoms with E-state index in [1.807, 2.05) is 10.7 Å². The van der Waals surface area contributed by atoms with Crippen molar-refractivity contribution in [3.63, 3.8) is 0 Å². The fourth-order valence-corrected chi connectivity index (χ4v) is 5.21. The zero-order valence-electron chi connectivity index (χ0n) is 19.2. The zero-order valence-corrected chi connectivity index (χ0v) is 20.7. The Morgan fingerprint density at radius 2 is 2.00 bits per heavy atom. The van der Waals surface area contributed by atoms with Crippen LogP contribution in [0.2, 0.25) is 10.2 Å². The summed E-state index contributed by atoms with van der Waals surface area (Å²) in [5.41, 5.74) is 4.40. The van der Waals surface area contributed by atoms with Gasteiger partial charge in [0.15, 0.2) is 16.6 Å². The van der Waals surface area contributed by atoms with E-state index in [-0.39, 0.29) is 11.3 Å². The Kier molecular flexibility index (Phi) is 6.20. The number of halogens is 2. The Balaban J connectivity index is 0.000000145. The summed E-state index contributed by atoms with van der Waals surface area (Å²) in [6.45, 7) is 1.62. The summed E-state index contributed by atoms with van der Waals surface area (Å²) in [5.74, 6) is 0.401. The van der Waals surface area contributed by atoms with Gasteiger partial charge in [-0.3, -0.25) is 0 Å². The van der Waals surface area contributed by atoms with Crippen LogP contribution in [0.1, 0.15) is 61.6 Å². The Morgan fingerprint density at radius 3 is 2.60 bits per heavy atom. The highest BCUT2D eigenvalue weighted by molar-refractivity contribution is 6.32. The third-order valence-corrected chi connectivity index (χ3v) is 7.17. The predicted molar refractivity (Wildman–Crippen MR) is 131 cm³/mol. The third-order valence-electron chi connectivity index (χ3n) is 6.71. The molecule has 1 saturated carbocycles. The van der Waals surface area contributed by atoms with Crippen LogP contribution in [0.15, 0.2) is 30.7 Å². The minimum atomic E-state index is -0.667. The standard InChI is InChI=1S/C13H12ClN3O.C10H12ClN5O/c14-10-4-11-15-6-9-8(7-18)5-13(2-1-3-13)12(9)17(11)16-10;1-6(17)9-5-14-16(15-9)10-8(11)3-7(12-2)4-13-10/h4,6-8H,1-3,5H2;3-6,12,17H,1-2H3. The smallest absolute Gasteiger partial charge is 0.193 e. The second-order valence-electron chi connectivity index (χ2n) is 8.89. The van der Waals surface area contributed by atoms with E-state index in [4.69, 9.17) is 23.2 Å². The molecule has 12 heteroatoms. The maximum absolute atomic E-state index is 11.3. The van der Waals surface area contributed by atoms with Crippen LogP contribution < -0.4 is 5.32 Å². The van der Waals surface area contributed by atoms with Gasteiger partial charge in [0.05, 0.1) is 34.9 Å². The van der Waals surface area contributed by atoms with E-state index in [0.717, 1.165) is 42.4 Å². The Hall–Kier alpha value is -3.08. The maximum Gasteiger partial charge on any atom is 0.193 e. The lowest BCUT2D eigenvalue weighted by atomic mass is 9.66. The molecule has 0 aromatic carbocycles. The Bertz CT molecular complexity index is 1400. The first-order valence-electron chi connectivity index (χ1n) is 11.3. The molecule has 2 aliphatic rings. The molecule has 2 atom stereocenters. The van der Waals surface area contributed by atoms with E-state index >= 15 is 0 Å². The fourth-order valence-electron chi connectivity index (χ4n) is 4.80. The summed E-state index contributed by atoms with van der Waals surface area (Å²) in [7, 11) is 1.78. The van der Waals surface area contributed by atoms with Crippen molar-refractivity contribution in [1.29, 1.82) is 0 Å². The van der Waals surface area contributed by atoms with Gasteiger partial charge in [0.2, 0.25) is 0 Å². The molecule has 0 aliphatic heterocycles. The second kappa shape index (κ2) is 9.18.